The van der Waals surface area contributed by atoms with Gasteiger partial charge >= 0.3 is 0 Å². The van der Waals surface area contributed by atoms with Crippen molar-refractivity contribution in [1.82, 2.24) is 9.80 Å². The Morgan fingerprint density at radius 3 is 2.25 bits per heavy atom. The molecule has 0 atom stereocenters. The van der Waals surface area contributed by atoms with E-state index in [0.29, 0.717) is 49.0 Å². The molecule has 1 aromatic heterocycles. The molecule has 7 nitrogen and oxygen atoms in total. The average molecular weight is 384 g/mol. The van der Waals surface area contributed by atoms with Crippen molar-refractivity contribution in [3.05, 3.63) is 53.5 Å². The number of methoxy groups -OCH3 is 2. The van der Waals surface area contributed by atoms with E-state index in [9.17, 15) is 9.59 Å². The molecule has 2 heterocycles. The monoisotopic (exact) mass is 384 g/mol. The summed E-state index contributed by atoms with van der Waals surface area (Å²) in [5.74, 6) is 2.36. The zero-order valence-electron chi connectivity index (χ0n) is 16.3. The number of hydrogen-bond donors (Lipinski definition) is 0. The van der Waals surface area contributed by atoms with Gasteiger partial charge in [0.05, 0.1) is 14.2 Å². The minimum Gasteiger partial charge on any atom is -0.493 e. The van der Waals surface area contributed by atoms with Crippen LogP contribution >= 0.6 is 0 Å². The van der Waals surface area contributed by atoms with E-state index in [4.69, 9.17) is 13.9 Å². The van der Waals surface area contributed by atoms with Crippen LogP contribution in [-0.2, 0) is 4.79 Å². The molecule has 0 unspecified atom stereocenters. The van der Waals surface area contributed by atoms with E-state index in [2.05, 4.69) is 0 Å². The van der Waals surface area contributed by atoms with Crippen molar-refractivity contribution in [2.45, 2.75) is 6.92 Å². The molecule has 0 bridgehead atoms. The molecule has 2 aromatic rings. The normalized spacial score (nSPS) is 14.4. The molecule has 1 aromatic carbocycles. The summed E-state index contributed by atoms with van der Waals surface area (Å²) in [6, 6.07) is 8.77. The van der Waals surface area contributed by atoms with Gasteiger partial charge in [0, 0.05) is 37.8 Å². The largest absolute Gasteiger partial charge is 0.493 e. The van der Waals surface area contributed by atoms with Crippen LogP contribution in [0.3, 0.4) is 0 Å². The van der Waals surface area contributed by atoms with Crippen LogP contribution in [0.5, 0.6) is 11.5 Å². The zero-order chi connectivity index (χ0) is 20.1. The third kappa shape index (κ3) is 4.36. The van der Waals surface area contributed by atoms with Crippen molar-refractivity contribution in [3.8, 4) is 11.5 Å². The highest BCUT2D eigenvalue weighted by molar-refractivity contribution is 5.95. The minimum absolute atomic E-state index is 0.0883. The van der Waals surface area contributed by atoms with E-state index in [0.717, 1.165) is 5.76 Å². The molecule has 28 heavy (non-hydrogen) atoms. The fourth-order valence-corrected chi connectivity index (χ4v) is 3.08. The van der Waals surface area contributed by atoms with Gasteiger partial charge in [-0.2, -0.15) is 0 Å². The molecule has 1 saturated heterocycles. The number of nitrogens with zero attached hydrogens (tertiary/aromatic N) is 2. The number of hydrogen-bond acceptors (Lipinski definition) is 5. The van der Waals surface area contributed by atoms with E-state index in [1.807, 2.05) is 19.1 Å². The number of ether oxygens (including phenoxy) is 2. The van der Waals surface area contributed by atoms with Crippen LogP contribution in [0.2, 0.25) is 0 Å². The van der Waals surface area contributed by atoms with E-state index in [1.165, 1.54) is 13.2 Å². The standard InChI is InChI=1S/C21H24N2O5/c1-15-4-6-17(28-15)7-9-20(24)22-10-12-23(13-11-22)21(25)16-5-8-18(26-2)19(14-16)27-3/h4-9,14H,10-13H2,1-3H3/b9-7+. The second kappa shape index (κ2) is 8.65. The van der Waals surface area contributed by atoms with Gasteiger partial charge in [-0.15, -0.1) is 0 Å². The van der Waals surface area contributed by atoms with Gasteiger partial charge in [0.25, 0.3) is 5.91 Å². The molecule has 7 heteroatoms. The van der Waals surface area contributed by atoms with Crippen LogP contribution in [0.4, 0.5) is 0 Å². The van der Waals surface area contributed by atoms with E-state index < -0.39 is 0 Å². The molecule has 0 saturated carbocycles. The lowest BCUT2D eigenvalue weighted by atomic mass is 10.1. The maximum Gasteiger partial charge on any atom is 0.254 e. The van der Waals surface area contributed by atoms with Crippen LogP contribution in [0.1, 0.15) is 21.9 Å². The molecule has 3 rings (SSSR count). The number of carbonyl (C=O) groups is 2. The third-order valence-electron chi connectivity index (χ3n) is 4.66. The fraction of sp³-hybridized carbons (Fsp3) is 0.333. The number of amides is 2. The molecule has 0 aliphatic carbocycles. The lowest BCUT2D eigenvalue weighted by Gasteiger charge is -2.34. The van der Waals surface area contributed by atoms with Gasteiger partial charge in [-0.25, -0.2) is 0 Å². The number of aryl methyl sites for hydroxylation is 1. The predicted molar refractivity (Wildman–Crippen MR) is 105 cm³/mol. The number of piperazine rings is 1. The maximum atomic E-state index is 12.8. The summed E-state index contributed by atoms with van der Waals surface area (Å²) in [6.45, 7) is 3.78. The van der Waals surface area contributed by atoms with Gasteiger partial charge < -0.3 is 23.7 Å². The van der Waals surface area contributed by atoms with Gasteiger partial charge in [0.1, 0.15) is 11.5 Å². The molecule has 148 valence electrons. The van der Waals surface area contributed by atoms with Crippen LogP contribution in [0.15, 0.2) is 40.8 Å². The van der Waals surface area contributed by atoms with Crippen LogP contribution in [0, 0.1) is 6.92 Å². The second-order valence-electron chi connectivity index (χ2n) is 6.47. The molecule has 2 amide bonds. The van der Waals surface area contributed by atoms with Gasteiger partial charge in [-0.05, 0) is 43.3 Å². The summed E-state index contributed by atoms with van der Waals surface area (Å²) in [6.07, 6.45) is 3.17. The summed E-state index contributed by atoms with van der Waals surface area (Å²) in [5.41, 5.74) is 0.533. The molecule has 1 aliphatic heterocycles. The Balaban J connectivity index is 1.58. The molecule has 0 N–H and O–H groups in total. The quantitative estimate of drug-likeness (QED) is 0.741. The molecular formula is C21H24N2O5. The summed E-state index contributed by atoms with van der Waals surface area (Å²) < 4.78 is 15.9. The Kier molecular flexibility index (Phi) is 6.03. The topological polar surface area (TPSA) is 72.2 Å². The highest BCUT2D eigenvalue weighted by Crippen LogP contribution is 2.28. The van der Waals surface area contributed by atoms with Crippen LogP contribution in [0.25, 0.3) is 6.08 Å². The average Bonchev–Trinajstić information content (AvgIpc) is 3.16. The highest BCUT2D eigenvalue weighted by atomic mass is 16.5. The lowest BCUT2D eigenvalue weighted by Crippen LogP contribution is -2.50. The van der Waals surface area contributed by atoms with Gasteiger partial charge in [0.2, 0.25) is 5.91 Å². The van der Waals surface area contributed by atoms with E-state index >= 15 is 0 Å². The Morgan fingerprint density at radius 1 is 0.964 bits per heavy atom. The van der Waals surface area contributed by atoms with Crippen molar-refractivity contribution < 1.29 is 23.5 Å². The Morgan fingerprint density at radius 2 is 1.64 bits per heavy atom. The first-order valence-electron chi connectivity index (χ1n) is 9.06. The smallest absolute Gasteiger partial charge is 0.254 e. The Bertz CT molecular complexity index is 879. The SMILES string of the molecule is COc1ccc(C(=O)N2CCN(C(=O)/C=C/c3ccc(C)o3)CC2)cc1OC. The van der Waals surface area contributed by atoms with Gasteiger partial charge in [0.15, 0.2) is 11.5 Å². The maximum absolute atomic E-state index is 12.8. The van der Waals surface area contributed by atoms with Crippen molar-refractivity contribution >= 4 is 17.9 Å². The summed E-state index contributed by atoms with van der Waals surface area (Å²) in [7, 11) is 3.09. The molecule has 0 radical (unpaired) electrons. The van der Waals surface area contributed by atoms with Crippen molar-refractivity contribution in [2.24, 2.45) is 0 Å². The van der Waals surface area contributed by atoms with E-state index in [1.54, 1.807) is 41.2 Å². The van der Waals surface area contributed by atoms with Crippen LogP contribution < -0.4 is 9.47 Å². The molecule has 1 aliphatic rings. The fourth-order valence-electron chi connectivity index (χ4n) is 3.08. The zero-order valence-corrected chi connectivity index (χ0v) is 16.3. The van der Waals surface area contributed by atoms with E-state index in [-0.39, 0.29) is 11.8 Å². The van der Waals surface area contributed by atoms with Crippen molar-refractivity contribution in [3.63, 3.8) is 0 Å². The summed E-state index contributed by atoms with van der Waals surface area (Å²) >= 11 is 0. The first-order valence-corrected chi connectivity index (χ1v) is 9.06. The summed E-state index contributed by atoms with van der Waals surface area (Å²) in [4.78, 5) is 28.6. The first kappa shape index (κ1) is 19.5. The Hall–Kier alpha value is -3.22. The van der Waals surface area contributed by atoms with Crippen molar-refractivity contribution in [1.29, 1.82) is 0 Å². The number of carbonyl (C=O) groups excluding carboxylic acids is 2. The van der Waals surface area contributed by atoms with Gasteiger partial charge in [-0.1, -0.05) is 0 Å². The second-order valence-corrected chi connectivity index (χ2v) is 6.47. The number of furan rings is 1. The lowest BCUT2D eigenvalue weighted by molar-refractivity contribution is -0.127. The number of rotatable bonds is 5. The molecular weight excluding hydrogens is 360 g/mol. The predicted octanol–water partition coefficient (Wildman–Crippen LogP) is 2.60. The highest BCUT2D eigenvalue weighted by Gasteiger charge is 2.24. The van der Waals surface area contributed by atoms with Crippen LogP contribution in [-0.4, -0.2) is 62.0 Å². The number of benzene rings is 1. The minimum atomic E-state index is -0.0905. The Labute approximate surface area is 164 Å². The first-order chi connectivity index (χ1) is 13.5. The third-order valence-corrected chi connectivity index (χ3v) is 4.66. The van der Waals surface area contributed by atoms with Crippen molar-refractivity contribution in [2.75, 3.05) is 40.4 Å². The summed E-state index contributed by atoms with van der Waals surface area (Å²) in [5, 5.41) is 0. The molecule has 0 spiro atoms. The molecule has 1 fully saturated rings. The van der Waals surface area contributed by atoms with Gasteiger partial charge in [-0.3, -0.25) is 9.59 Å².